The van der Waals surface area contributed by atoms with Gasteiger partial charge in [0.1, 0.15) is 6.61 Å². The largest absolute Gasteiger partial charge is 0.493 e. The van der Waals surface area contributed by atoms with E-state index in [1.54, 1.807) is 7.11 Å². The van der Waals surface area contributed by atoms with Crippen LogP contribution in [0.1, 0.15) is 16.7 Å². The number of ether oxygens (including phenoxy) is 2. The minimum atomic E-state index is 0.499. The van der Waals surface area contributed by atoms with Crippen LogP contribution in [0.4, 0.5) is 5.69 Å². The molecule has 28 heavy (non-hydrogen) atoms. The molecule has 0 heterocycles. The monoisotopic (exact) mass is 392 g/mol. The van der Waals surface area contributed by atoms with Gasteiger partial charge in [0.25, 0.3) is 0 Å². The molecule has 0 unspecified atom stereocenters. The van der Waals surface area contributed by atoms with Crippen LogP contribution < -0.4 is 20.1 Å². The van der Waals surface area contributed by atoms with Gasteiger partial charge >= 0.3 is 0 Å². The molecule has 4 nitrogen and oxygen atoms in total. The topological polar surface area (TPSA) is 42.5 Å². The van der Waals surface area contributed by atoms with E-state index >= 15 is 0 Å². The second-order valence-corrected chi connectivity index (χ2v) is 6.84. The van der Waals surface area contributed by atoms with Gasteiger partial charge in [0.15, 0.2) is 16.6 Å². The minimum absolute atomic E-state index is 0.499. The van der Waals surface area contributed by atoms with E-state index in [0.29, 0.717) is 24.0 Å². The van der Waals surface area contributed by atoms with E-state index in [1.807, 2.05) is 60.7 Å². The number of benzene rings is 3. The number of rotatable bonds is 7. The van der Waals surface area contributed by atoms with Gasteiger partial charge in [-0.1, -0.05) is 48.5 Å². The highest BCUT2D eigenvalue weighted by molar-refractivity contribution is 7.80. The highest BCUT2D eigenvalue weighted by atomic mass is 32.1. The first-order valence-electron chi connectivity index (χ1n) is 9.09. The molecule has 144 valence electrons. The minimum Gasteiger partial charge on any atom is -0.493 e. The fraction of sp³-hybridized carbons (Fsp3) is 0.174. The zero-order valence-electron chi connectivity index (χ0n) is 16.1. The standard InChI is InChI=1S/C23H24N2O2S/c1-17-7-6-10-20(13-17)25-23(28)24-15-19-11-12-21(22(14-19)26-2)27-16-18-8-4-3-5-9-18/h3-14H,15-16H2,1-2H3,(H2,24,25,28). The number of hydrogen-bond acceptors (Lipinski definition) is 3. The van der Waals surface area contributed by atoms with Crippen LogP contribution in [0.5, 0.6) is 11.5 Å². The molecule has 0 saturated heterocycles. The molecule has 3 aromatic rings. The molecule has 3 aromatic carbocycles. The molecule has 0 aliphatic heterocycles. The number of thiocarbonyl (C=S) groups is 1. The van der Waals surface area contributed by atoms with Crippen molar-refractivity contribution in [2.75, 3.05) is 12.4 Å². The van der Waals surface area contributed by atoms with E-state index < -0.39 is 0 Å². The summed E-state index contributed by atoms with van der Waals surface area (Å²) in [6.45, 7) is 3.14. The number of anilines is 1. The Hall–Kier alpha value is -3.05. The average molecular weight is 393 g/mol. The van der Waals surface area contributed by atoms with Crippen molar-refractivity contribution in [2.45, 2.75) is 20.1 Å². The van der Waals surface area contributed by atoms with E-state index in [2.05, 4.69) is 29.7 Å². The van der Waals surface area contributed by atoms with Crippen molar-refractivity contribution in [2.24, 2.45) is 0 Å². The first-order chi connectivity index (χ1) is 13.6. The predicted octanol–water partition coefficient (Wildman–Crippen LogP) is 5.07. The van der Waals surface area contributed by atoms with Gasteiger partial charge in [0.2, 0.25) is 0 Å². The van der Waals surface area contributed by atoms with Crippen molar-refractivity contribution in [1.82, 2.24) is 5.32 Å². The molecule has 0 spiro atoms. The van der Waals surface area contributed by atoms with E-state index in [0.717, 1.165) is 22.6 Å². The lowest BCUT2D eigenvalue weighted by Crippen LogP contribution is -2.27. The molecule has 5 heteroatoms. The van der Waals surface area contributed by atoms with Crippen LogP contribution in [-0.4, -0.2) is 12.2 Å². The summed E-state index contributed by atoms with van der Waals surface area (Å²) >= 11 is 5.38. The molecule has 0 atom stereocenters. The molecule has 0 fully saturated rings. The molecule has 0 aliphatic rings. The molecule has 0 radical (unpaired) electrons. The van der Waals surface area contributed by atoms with E-state index in [4.69, 9.17) is 21.7 Å². The number of methoxy groups -OCH3 is 1. The molecule has 3 rings (SSSR count). The zero-order valence-corrected chi connectivity index (χ0v) is 16.9. The fourth-order valence-corrected chi connectivity index (χ4v) is 2.95. The maximum atomic E-state index is 5.90. The molecular formula is C23H24N2O2S. The highest BCUT2D eigenvalue weighted by Gasteiger charge is 2.07. The maximum absolute atomic E-state index is 5.90. The second kappa shape index (κ2) is 9.76. The average Bonchev–Trinajstić information content (AvgIpc) is 2.71. The Morgan fingerprint density at radius 1 is 0.893 bits per heavy atom. The molecular weight excluding hydrogens is 368 g/mol. The van der Waals surface area contributed by atoms with Gasteiger partial charge in [-0.15, -0.1) is 0 Å². The predicted molar refractivity (Wildman–Crippen MR) is 118 cm³/mol. The Bertz CT molecular complexity index is 929. The summed E-state index contributed by atoms with van der Waals surface area (Å²) in [5.74, 6) is 1.42. The smallest absolute Gasteiger partial charge is 0.171 e. The van der Waals surface area contributed by atoms with Crippen LogP contribution in [-0.2, 0) is 13.2 Å². The Morgan fingerprint density at radius 2 is 1.71 bits per heavy atom. The Kier molecular flexibility index (Phi) is 6.87. The van der Waals surface area contributed by atoms with Crippen molar-refractivity contribution in [3.8, 4) is 11.5 Å². The number of nitrogens with one attached hydrogen (secondary N) is 2. The third-order valence-electron chi connectivity index (χ3n) is 4.19. The van der Waals surface area contributed by atoms with Gasteiger partial charge < -0.3 is 20.1 Å². The van der Waals surface area contributed by atoms with Crippen LogP contribution in [0.25, 0.3) is 0 Å². The van der Waals surface area contributed by atoms with Gasteiger partial charge in [0, 0.05) is 12.2 Å². The summed E-state index contributed by atoms with van der Waals surface area (Å²) < 4.78 is 11.4. The summed E-state index contributed by atoms with van der Waals surface area (Å²) in [5.41, 5.74) is 4.32. The summed E-state index contributed by atoms with van der Waals surface area (Å²) in [4.78, 5) is 0. The quantitative estimate of drug-likeness (QED) is 0.550. The normalized spacial score (nSPS) is 10.2. The first-order valence-corrected chi connectivity index (χ1v) is 9.50. The van der Waals surface area contributed by atoms with Crippen molar-refractivity contribution >= 4 is 23.0 Å². The lowest BCUT2D eigenvalue weighted by Gasteiger charge is -2.14. The molecule has 0 aromatic heterocycles. The SMILES string of the molecule is COc1cc(CNC(=S)Nc2cccc(C)c2)ccc1OCc1ccccc1. The summed E-state index contributed by atoms with van der Waals surface area (Å²) in [5, 5.41) is 6.99. The van der Waals surface area contributed by atoms with Crippen molar-refractivity contribution in [3.63, 3.8) is 0 Å². The van der Waals surface area contributed by atoms with E-state index in [1.165, 1.54) is 5.56 Å². The Morgan fingerprint density at radius 3 is 2.46 bits per heavy atom. The third kappa shape index (κ3) is 5.72. The van der Waals surface area contributed by atoms with Gasteiger partial charge in [0.05, 0.1) is 7.11 Å². The van der Waals surface area contributed by atoms with Gasteiger partial charge in [-0.2, -0.15) is 0 Å². The van der Waals surface area contributed by atoms with Crippen molar-refractivity contribution < 1.29 is 9.47 Å². The molecule has 0 bridgehead atoms. The van der Waals surface area contributed by atoms with Gasteiger partial charge in [-0.25, -0.2) is 0 Å². The van der Waals surface area contributed by atoms with Crippen LogP contribution >= 0.6 is 12.2 Å². The fourth-order valence-electron chi connectivity index (χ4n) is 2.76. The first kappa shape index (κ1) is 19.7. The zero-order chi connectivity index (χ0) is 19.8. The molecule has 2 N–H and O–H groups in total. The summed E-state index contributed by atoms with van der Waals surface area (Å²) in [7, 11) is 1.64. The van der Waals surface area contributed by atoms with Crippen LogP contribution in [0.2, 0.25) is 0 Å². The second-order valence-electron chi connectivity index (χ2n) is 6.44. The Labute approximate surface area is 171 Å². The van der Waals surface area contributed by atoms with Crippen molar-refractivity contribution in [3.05, 3.63) is 89.5 Å². The molecule has 0 amide bonds. The third-order valence-corrected chi connectivity index (χ3v) is 4.44. The van der Waals surface area contributed by atoms with Crippen LogP contribution in [0, 0.1) is 6.92 Å². The number of aryl methyl sites for hydroxylation is 1. The molecule has 0 saturated carbocycles. The van der Waals surface area contributed by atoms with Crippen molar-refractivity contribution in [1.29, 1.82) is 0 Å². The maximum Gasteiger partial charge on any atom is 0.171 e. The lowest BCUT2D eigenvalue weighted by atomic mass is 10.2. The molecule has 0 aliphatic carbocycles. The lowest BCUT2D eigenvalue weighted by molar-refractivity contribution is 0.284. The summed E-state index contributed by atoms with van der Waals surface area (Å²) in [6, 6.07) is 24.0. The number of hydrogen-bond donors (Lipinski definition) is 2. The van der Waals surface area contributed by atoms with Crippen LogP contribution in [0.3, 0.4) is 0 Å². The van der Waals surface area contributed by atoms with Crippen LogP contribution in [0.15, 0.2) is 72.8 Å². The Balaban J connectivity index is 1.56. The van der Waals surface area contributed by atoms with E-state index in [9.17, 15) is 0 Å². The van der Waals surface area contributed by atoms with Gasteiger partial charge in [-0.3, -0.25) is 0 Å². The van der Waals surface area contributed by atoms with Gasteiger partial charge in [-0.05, 0) is 60.1 Å². The van der Waals surface area contributed by atoms with E-state index in [-0.39, 0.29) is 0 Å². The highest BCUT2D eigenvalue weighted by Crippen LogP contribution is 2.28. The summed E-state index contributed by atoms with van der Waals surface area (Å²) in [6.07, 6.45) is 0.